The second kappa shape index (κ2) is 5.91. The van der Waals surface area contributed by atoms with Gasteiger partial charge in [-0.25, -0.2) is 4.98 Å². The minimum atomic E-state index is -4.61. The molecule has 0 aliphatic rings. The highest BCUT2D eigenvalue weighted by Gasteiger charge is 2.33. The Balaban J connectivity index is 2.66. The van der Waals surface area contributed by atoms with E-state index in [1.807, 2.05) is 0 Å². The fraction of sp³-hybridized carbons (Fsp3) is 0.154. The van der Waals surface area contributed by atoms with Gasteiger partial charge in [0, 0.05) is 17.7 Å². The highest BCUT2D eigenvalue weighted by atomic mass is 35.5. The fourth-order valence-electron chi connectivity index (χ4n) is 1.63. The monoisotopic (exact) mass is 355 g/mol. The number of benzene rings is 1. The van der Waals surface area contributed by atoms with E-state index >= 15 is 0 Å². The van der Waals surface area contributed by atoms with E-state index in [4.69, 9.17) is 39.5 Å². The molecule has 2 nitrogen and oxygen atoms in total. The SMILES string of the molecule is COc1cc(-c2cc(Cl)c(Cl)cc2Cl)nc(C(F)(F)F)c1. The van der Waals surface area contributed by atoms with Crippen LogP contribution in [0.1, 0.15) is 5.69 Å². The molecule has 2 rings (SSSR count). The normalized spacial score (nSPS) is 11.6. The quantitative estimate of drug-likeness (QED) is 0.640. The van der Waals surface area contributed by atoms with Gasteiger partial charge in [0.2, 0.25) is 0 Å². The van der Waals surface area contributed by atoms with Gasteiger partial charge in [-0.3, -0.25) is 0 Å². The van der Waals surface area contributed by atoms with Gasteiger partial charge in [0.15, 0.2) is 0 Å². The van der Waals surface area contributed by atoms with Crippen molar-refractivity contribution < 1.29 is 17.9 Å². The minimum absolute atomic E-state index is 0.00876. The third kappa shape index (κ3) is 3.54. The van der Waals surface area contributed by atoms with Crippen LogP contribution in [-0.2, 0) is 6.18 Å². The summed E-state index contributed by atoms with van der Waals surface area (Å²) in [6.07, 6.45) is -4.61. The summed E-state index contributed by atoms with van der Waals surface area (Å²) in [6.45, 7) is 0. The maximum absolute atomic E-state index is 12.8. The molecule has 0 radical (unpaired) electrons. The Labute approximate surface area is 133 Å². The Bertz CT molecular complexity index is 689. The molecule has 0 fully saturated rings. The number of aromatic nitrogens is 1. The van der Waals surface area contributed by atoms with Gasteiger partial charge in [-0.1, -0.05) is 34.8 Å². The lowest BCUT2D eigenvalue weighted by molar-refractivity contribution is -0.141. The van der Waals surface area contributed by atoms with Crippen molar-refractivity contribution in [2.45, 2.75) is 6.18 Å². The molecule has 0 saturated carbocycles. The van der Waals surface area contributed by atoms with Gasteiger partial charge in [-0.2, -0.15) is 13.2 Å². The van der Waals surface area contributed by atoms with E-state index in [0.29, 0.717) is 0 Å². The maximum atomic E-state index is 12.8. The standard InChI is InChI=1S/C13H7Cl3F3NO/c1-21-6-2-11(20-12(3-6)13(17,18)19)7-4-9(15)10(16)5-8(7)14/h2-5H,1H3. The van der Waals surface area contributed by atoms with Crippen LogP contribution in [0.3, 0.4) is 0 Å². The Hall–Kier alpha value is -1.17. The summed E-state index contributed by atoms with van der Waals surface area (Å²) in [5.41, 5.74) is -0.861. The maximum Gasteiger partial charge on any atom is 0.433 e. The molecule has 0 aliphatic carbocycles. The van der Waals surface area contributed by atoms with E-state index in [9.17, 15) is 13.2 Å². The number of alkyl halides is 3. The van der Waals surface area contributed by atoms with Gasteiger partial charge in [-0.15, -0.1) is 0 Å². The van der Waals surface area contributed by atoms with Crippen LogP contribution < -0.4 is 4.74 Å². The molecule has 0 spiro atoms. The van der Waals surface area contributed by atoms with E-state index in [1.165, 1.54) is 25.3 Å². The van der Waals surface area contributed by atoms with Crippen molar-refractivity contribution in [3.63, 3.8) is 0 Å². The number of ether oxygens (including phenoxy) is 1. The molecule has 0 N–H and O–H groups in total. The second-order valence-electron chi connectivity index (χ2n) is 4.02. The van der Waals surface area contributed by atoms with Crippen LogP contribution in [0.25, 0.3) is 11.3 Å². The lowest BCUT2D eigenvalue weighted by Gasteiger charge is -2.12. The summed E-state index contributed by atoms with van der Waals surface area (Å²) < 4.78 is 43.4. The second-order valence-corrected chi connectivity index (χ2v) is 5.24. The largest absolute Gasteiger partial charge is 0.497 e. The molecule has 8 heteroatoms. The van der Waals surface area contributed by atoms with Crippen molar-refractivity contribution in [2.75, 3.05) is 7.11 Å². The molecule has 1 heterocycles. The first-order chi connectivity index (χ1) is 9.72. The summed E-state index contributed by atoms with van der Waals surface area (Å²) in [6, 6.07) is 4.83. The molecule has 0 bridgehead atoms. The Morgan fingerprint density at radius 3 is 2.14 bits per heavy atom. The number of hydrogen-bond acceptors (Lipinski definition) is 2. The molecule has 21 heavy (non-hydrogen) atoms. The van der Waals surface area contributed by atoms with Gasteiger partial charge < -0.3 is 4.74 Å². The van der Waals surface area contributed by atoms with Crippen LogP contribution in [0.15, 0.2) is 24.3 Å². The summed E-state index contributed by atoms with van der Waals surface area (Å²) in [5.74, 6) is 0.00876. The van der Waals surface area contributed by atoms with Gasteiger partial charge in [-0.05, 0) is 12.1 Å². The smallest absolute Gasteiger partial charge is 0.433 e. The van der Waals surface area contributed by atoms with Crippen molar-refractivity contribution in [3.8, 4) is 17.0 Å². The fourth-order valence-corrected chi connectivity index (χ4v) is 2.27. The third-order valence-electron chi connectivity index (χ3n) is 2.61. The lowest BCUT2D eigenvalue weighted by Crippen LogP contribution is -2.09. The van der Waals surface area contributed by atoms with E-state index in [2.05, 4.69) is 4.98 Å². The van der Waals surface area contributed by atoms with Crippen LogP contribution in [0.4, 0.5) is 13.2 Å². The summed E-state index contributed by atoms with van der Waals surface area (Å²) in [5, 5.41) is 0.497. The molecular weight excluding hydrogens is 350 g/mol. The van der Waals surface area contributed by atoms with Crippen molar-refractivity contribution in [1.29, 1.82) is 0 Å². The van der Waals surface area contributed by atoms with E-state index in [-0.39, 0.29) is 32.1 Å². The van der Waals surface area contributed by atoms with Crippen LogP contribution in [-0.4, -0.2) is 12.1 Å². The van der Waals surface area contributed by atoms with Crippen molar-refractivity contribution in [2.24, 2.45) is 0 Å². The van der Waals surface area contributed by atoms with Crippen molar-refractivity contribution in [3.05, 3.63) is 45.0 Å². The molecule has 0 unspecified atom stereocenters. The highest BCUT2D eigenvalue weighted by Crippen LogP contribution is 2.38. The molecule has 0 saturated heterocycles. The number of halogens is 6. The highest BCUT2D eigenvalue weighted by molar-refractivity contribution is 6.44. The van der Waals surface area contributed by atoms with Crippen LogP contribution in [0.2, 0.25) is 15.1 Å². The predicted molar refractivity (Wildman–Crippen MR) is 76.3 cm³/mol. The molecule has 112 valence electrons. The molecular formula is C13H7Cl3F3NO. The van der Waals surface area contributed by atoms with Gasteiger partial charge in [0.05, 0.1) is 27.9 Å². The van der Waals surface area contributed by atoms with E-state index in [0.717, 1.165) is 6.07 Å². The minimum Gasteiger partial charge on any atom is -0.497 e. The zero-order valence-electron chi connectivity index (χ0n) is 10.4. The molecule has 0 aliphatic heterocycles. The summed E-state index contributed by atoms with van der Waals surface area (Å²) in [7, 11) is 1.26. The van der Waals surface area contributed by atoms with Gasteiger partial charge in [0.25, 0.3) is 0 Å². The lowest BCUT2D eigenvalue weighted by atomic mass is 10.1. The van der Waals surface area contributed by atoms with Crippen LogP contribution in [0.5, 0.6) is 5.75 Å². The van der Waals surface area contributed by atoms with E-state index in [1.54, 1.807) is 0 Å². The third-order valence-corrected chi connectivity index (χ3v) is 3.65. The molecule has 2 aromatic rings. The molecule has 0 amide bonds. The van der Waals surface area contributed by atoms with Crippen molar-refractivity contribution >= 4 is 34.8 Å². The van der Waals surface area contributed by atoms with Crippen molar-refractivity contribution in [1.82, 2.24) is 4.98 Å². The first-order valence-corrected chi connectivity index (χ1v) is 6.64. The zero-order chi connectivity index (χ0) is 15.8. The Morgan fingerprint density at radius 2 is 1.57 bits per heavy atom. The number of nitrogens with zero attached hydrogens (tertiary/aromatic N) is 1. The van der Waals surface area contributed by atoms with Crippen LogP contribution >= 0.6 is 34.8 Å². The predicted octanol–water partition coefficient (Wildman–Crippen LogP) is 5.74. The van der Waals surface area contributed by atoms with Gasteiger partial charge in [0.1, 0.15) is 11.4 Å². The number of pyridine rings is 1. The summed E-state index contributed by atoms with van der Waals surface area (Å²) in [4.78, 5) is 3.56. The number of rotatable bonds is 2. The average molecular weight is 357 g/mol. The molecule has 1 aromatic heterocycles. The first kappa shape index (κ1) is 16.2. The van der Waals surface area contributed by atoms with E-state index < -0.39 is 11.9 Å². The average Bonchev–Trinajstić information content (AvgIpc) is 2.41. The molecule has 1 aromatic carbocycles. The zero-order valence-corrected chi connectivity index (χ0v) is 12.7. The topological polar surface area (TPSA) is 22.1 Å². The Kier molecular flexibility index (Phi) is 4.56. The molecule has 0 atom stereocenters. The van der Waals surface area contributed by atoms with Crippen LogP contribution in [0, 0.1) is 0 Å². The number of methoxy groups -OCH3 is 1. The summed E-state index contributed by atoms with van der Waals surface area (Å²) >= 11 is 17.7. The van der Waals surface area contributed by atoms with Gasteiger partial charge >= 0.3 is 6.18 Å². The Morgan fingerprint density at radius 1 is 0.952 bits per heavy atom. The first-order valence-electron chi connectivity index (χ1n) is 5.50. The number of hydrogen-bond donors (Lipinski definition) is 0.